The van der Waals surface area contributed by atoms with E-state index in [0.717, 1.165) is 47.8 Å². The minimum atomic E-state index is -0.430. The molecule has 5 nitrogen and oxygen atoms in total. The highest BCUT2D eigenvalue weighted by atomic mass is 16.1. The van der Waals surface area contributed by atoms with E-state index >= 15 is 0 Å². The molecule has 0 unspecified atom stereocenters. The molecule has 5 heteroatoms. The molecule has 1 aromatic heterocycles. The number of fused-ring (bicyclic) bond motifs is 1. The lowest BCUT2D eigenvalue weighted by Gasteiger charge is -2.22. The third kappa shape index (κ3) is 3.42. The van der Waals surface area contributed by atoms with Gasteiger partial charge in [0, 0.05) is 11.1 Å². The van der Waals surface area contributed by atoms with Crippen LogP contribution in [0.1, 0.15) is 28.8 Å². The van der Waals surface area contributed by atoms with Gasteiger partial charge in [0.25, 0.3) is 0 Å². The van der Waals surface area contributed by atoms with Crippen LogP contribution in [-0.2, 0) is 6.42 Å². The second-order valence-corrected chi connectivity index (χ2v) is 6.78. The van der Waals surface area contributed by atoms with Crippen molar-refractivity contribution in [3.8, 4) is 11.4 Å². The van der Waals surface area contributed by atoms with E-state index < -0.39 is 5.91 Å². The van der Waals surface area contributed by atoms with E-state index in [1.54, 1.807) is 12.1 Å². The molecule has 0 radical (unpaired) electrons. The zero-order valence-electron chi connectivity index (χ0n) is 14.1. The number of aromatic amines is 1. The fraction of sp³-hybridized carbons (Fsp3) is 0.300. The second kappa shape index (κ2) is 6.69. The van der Waals surface area contributed by atoms with E-state index in [2.05, 4.69) is 39.6 Å². The largest absolute Gasteiger partial charge is 0.366 e. The number of H-pyrrole nitrogens is 1. The molecular formula is C20H22N4O. The number of nitrogens with one attached hydrogen (secondary N) is 2. The first-order valence-electron chi connectivity index (χ1n) is 8.78. The van der Waals surface area contributed by atoms with Crippen molar-refractivity contribution < 1.29 is 4.79 Å². The number of nitrogens with two attached hydrogens (primary N) is 1. The number of hydrogen-bond acceptors (Lipinski definition) is 3. The predicted octanol–water partition coefficient (Wildman–Crippen LogP) is 2.87. The van der Waals surface area contributed by atoms with Gasteiger partial charge in [0.1, 0.15) is 5.82 Å². The smallest absolute Gasteiger partial charge is 0.248 e. The maximum absolute atomic E-state index is 11.3. The summed E-state index contributed by atoms with van der Waals surface area (Å²) in [6.07, 6.45) is 3.66. The number of benzene rings is 2. The normalized spacial score (nSPS) is 15.5. The van der Waals surface area contributed by atoms with E-state index in [0.29, 0.717) is 5.56 Å². The summed E-state index contributed by atoms with van der Waals surface area (Å²) in [6, 6.07) is 13.9. The first-order chi connectivity index (χ1) is 12.2. The van der Waals surface area contributed by atoms with Crippen LogP contribution in [-0.4, -0.2) is 29.0 Å². The highest BCUT2D eigenvalue weighted by Crippen LogP contribution is 2.23. The van der Waals surface area contributed by atoms with Crippen LogP contribution in [0.2, 0.25) is 0 Å². The minimum Gasteiger partial charge on any atom is -0.366 e. The number of aromatic nitrogens is 2. The Balaban J connectivity index is 1.55. The molecule has 128 valence electrons. The Morgan fingerprint density at radius 3 is 2.60 bits per heavy atom. The fourth-order valence-corrected chi connectivity index (χ4v) is 3.52. The van der Waals surface area contributed by atoms with E-state index in [4.69, 9.17) is 5.73 Å². The van der Waals surface area contributed by atoms with E-state index in [1.807, 2.05) is 6.07 Å². The molecule has 0 saturated carbocycles. The fourth-order valence-electron chi connectivity index (χ4n) is 3.52. The minimum absolute atomic E-state index is 0.430. The molecule has 1 amide bonds. The Labute approximate surface area is 146 Å². The number of carbonyl (C=O) groups excluding carboxylic acids is 1. The Morgan fingerprint density at radius 1 is 1.12 bits per heavy atom. The van der Waals surface area contributed by atoms with E-state index in [-0.39, 0.29) is 0 Å². The number of carbonyl (C=O) groups is 1. The summed E-state index contributed by atoms with van der Waals surface area (Å²) in [4.78, 5) is 19.2. The van der Waals surface area contributed by atoms with Crippen molar-refractivity contribution in [2.45, 2.75) is 19.3 Å². The van der Waals surface area contributed by atoms with Gasteiger partial charge >= 0.3 is 0 Å². The van der Waals surface area contributed by atoms with Crippen LogP contribution in [0.4, 0.5) is 0 Å². The van der Waals surface area contributed by atoms with Crippen LogP contribution >= 0.6 is 0 Å². The molecule has 1 fully saturated rings. The maximum atomic E-state index is 11.3. The third-order valence-electron chi connectivity index (χ3n) is 4.98. The molecule has 1 aliphatic rings. The number of rotatable bonds is 4. The molecule has 0 atom stereocenters. The number of nitrogens with zero attached hydrogens (tertiary/aromatic N) is 1. The molecule has 2 aromatic carbocycles. The molecule has 4 rings (SSSR count). The zero-order chi connectivity index (χ0) is 17.2. The van der Waals surface area contributed by atoms with Gasteiger partial charge in [0.15, 0.2) is 0 Å². The predicted molar refractivity (Wildman–Crippen MR) is 99.3 cm³/mol. The SMILES string of the molecule is NC(=O)c1ccc2nc(-c3ccc(CC4CCNCC4)cc3)[nH]c2c1. The van der Waals surface area contributed by atoms with Crippen molar-refractivity contribution in [1.82, 2.24) is 15.3 Å². The lowest BCUT2D eigenvalue weighted by atomic mass is 9.91. The monoisotopic (exact) mass is 334 g/mol. The highest BCUT2D eigenvalue weighted by molar-refractivity contribution is 5.96. The highest BCUT2D eigenvalue weighted by Gasteiger charge is 2.14. The van der Waals surface area contributed by atoms with Gasteiger partial charge < -0.3 is 16.0 Å². The molecule has 2 heterocycles. The third-order valence-corrected chi connectivity index (χ3v) is 4.98. The lowest BCUT2D eigenvalue weighted by Crippen LogP contribution is -2.28. The van der Waals surface area contributed by atoms with E-state index in [9.17, 15) is 4.79 Å². The molecule has 0 aliphatic carbocycles. The van der Waals surface area contributed by atoms with Gasteiger partial charge in [-0.1, -0.05) is 24.3 Å². The number of hydrogen-bond donors (Lipinski definition) is 3. The van der Waals surface area contributed by atoms with Crippen LogP contribution < -0.4 is 11.1 Å². The number of piperidine rings is 1. The van der Waals surface area contributed by atoms with Gasteiger partial charge in [0.2, 0.25) is 5.91 Å². The van der Waals surface area contributed by atoms with Crippen molar-refractivity contribution in [1.29, 1.82) is 0 Å². The Bertz CT molecular complexity index is 892. The zero-order valence-corrected chi connectivity index (χ0v) is 14.1. The average molecular weight is 334 g/mol. The lowest BCUT2D eigenvalue weighted by molar-refractivity contribution is 0.100. The summed E-state index contributed by atoms with van der Waals surface area (Å²) in [5.41, 5.74) is 9.91. The quantitative estimate of drug-likeness (QED) is 0.686. The summed E-state index contributed by atoms with van der Waals surface area (Å²) in [6.45, 7) is 2.27. The molecule has 0 spiro atoms. The Hall–Kier alpha value is -2.66. The number of imidazole rings is 1. The molecule has 25 heavy (non-hydrogen) atoms. The molecular weight excluding hydrogens is 312 g/mol. The molecule has 1 aliphatic heterocycles. The molecule has 1 saturated heterocycles. The number of primary amides is 1. The van der Waals surface area contributed by atoms with Gasteiger partial charge in [-0.15, -0.1) is 0 Å². The van der Waals surface area contributed by atoms with Gasteiger partial charge in [0.05, 0.1) is 11.0 Å². The summed E-state index contributed by atoms with van der Waals surface area (Å²) >= 11 is 0. The van der Waals surface area contributed by atoms with Crippen LogP contribution in [0.5, 0.6) is 0 Å². The van der Waals surface area contributed by atoms with Crippen LogP contribution in [0, 0.1) is 5.92 Å². The Kier molecular flexibility index (Phi) is 4.24. The van der Waals surface area contributed by atoms with Crippen molar-refractivity contribution in [3.63, 3.8) is 0 Å². The summed E-state index contributed by atoms with van der Waals surface area (Å²) in [5, 5.41) is 3.41. The summed E-state index contributed by atoms with van der Waals surface area (Å²) in [5.74, 6) is 1.16. The number of amides is 1. The molecule has 0 bridgehead atoms. The summed E-state index contributed by atoms with van der Waals surface area (Å²) < 4.78 is 0. The van der Waals surface area contributed by atoms with Gasteiger partial charge in [-0.25, -0.2) is 4.98 Å². The van der Waals surface area contributed by atoms with Crippen molar-refractivity contribution in [2.75, 3.05) is 13.1 Å². The van der Waals surface area contributed by atoms with Gasteiger partial charge in [-0.2, -0.15) is 0 Å². The second-order valence-electron chi connectivity index (χ2n) is 6.78. The van der Waals surface area contributed by atoms with E-state index in [1.165, 1.54) is 18.4 Å². The molecule has 4 N–H and O–H groups in total. The van der Waals surface area contributed by atoms with Crippen molar-refractivity contribution in [3.05, 3.63) is 53.6 Å². The van der Waals surface area contributed by atoms with Crippen LogP contribution in [0.3, 0.4) is 0 Å². The standard InChI is InChI=1S/C20H22N4O/c21-19(25)16-5-6-17-18(12-16)24-20(23-17)15-3-1-13(2-4-15)11-14-7-9-22-10-8-14/h1-6,12,14,22H,7-11H2,(H2,21,25)(H,23,24). The van der Waals surface area contributed by atoms with Gasteiger partial charge in [-0.05, 0) is 62.0 Å². The van der Waals surface area contributed by atoms with Crippen LogP contribution in [0.15, 0.2) is 42.5 Å². The first kappa shape index (κ1) is 15.8. The average Bonchev–Trinajstić information content (AvgIpc) is 3.06. The van der Waals surface area contributed by atoms with Crippen molar-refractivity contribution >= 4 is 16.9 Å². The summed E-state index contributed by atoms with van der Waals surface area (Å²) in [7, 11) is 0. The van der Waals surface area contributed by atoms with Crippen LogP contribution in [0.25, 0.3) is 22.4 Å². The molecule has 3 aromatic rings. The van der Waals surface area contributed by atoms with Gasteiger partial charge in [-0.3, -0.25) is 4.79 Å². The Morgan fingerprint density at radius 2 is 1.88 bits per heavy atom. The van der Waals surface area contributed by atoms with Crippen molar-refractivity contribution in [2.24, 2.45) is 11.7 Å². The maximum Gasteiger partial charge on any atom is 0.248 e. The first-order valence-corrected chi connectivity index (χ1v) is 8.78. The topological polar surface area (TPSA) is 83.8 Å².